The van der Waals surface area contributed by atoms with Crippen LogP contribution in [0.3, 0.4) is 0 Å². The second-order valence-corrected chi connectivity index (χ2v) is 5.53. The predicted molar refractivity (Wildman–Crippen MR) is 77.0 cm³/mol. The van der Waals surface area contributed by atoms with Gasteiger partial charge in [-0.1, -0.05) is 24.3 Å². The van der Waals surface area contributed by atoms with E-state index in [4.69, 9.17) is 4.74 Å². The Kier molecular flexibility index (Phi) is 3.41. The number of fused-ring (bicyclic) bond motifs is 2. The molecule has 0 aromatic heterocycles. The maximum Gasteiger partial charge on any atom is 0.307 e. The van der Waals surface area contributed by atoms with Gasteiger partial charge in [-0.25, -0.2) is 0 Å². The number of hydrogen-bond acceptors (Lipinski definition) is 3. The minimum Gasteiger partial charge on any atom is -0.495 e. The maximum atomic E-state index is 12.5. The monoisotopic (exact) mass is 287 g/mol. The van der Waals surface area contributed by atoms with Gasteiger partial charge in [-0.3, -0.25) is 9.59 Å². The third-order valence-electron chi connectivity index (χ3n) is 4.41. The Bertz CT molecular complexity index is 610. The number of carboxylic acid groups (broad SMARTS) is 1. The molecule has 1 aromatic carbocycles. The standard InChI is InChI=1S/C16H17NO4/c1-21-12-5-3-2-4-11(12)17-15(18)13-9-6-7-10(8-9)14(13)16(19)20/h2-7,9-10,13-14H,8H2,1H3,(H,17,18)(H,19,20)/t9-,10+,13+,14-/m1/s1. The van der Waals surface area contributed by atoms with Crippen molar-refractivity contribution in [3.8, 4) is 5.75 Å². The number of nitrogens with one attached hydrogen (secondary N) is 1. The topological polar surface area (TPSA) is 75.6 Å². The van der Waals surface area contributed by atoms with E-state index in [1.807, 2.05) is 18.2 Å². The molecular formula is C16H17NO4. The Morgan fingerprint density at radius 2 is 1.86 bits per heavy atom. The molecule has 1 fully saturated rings. The summed E-state index contributed by atoms with van der Waals surface area (Å²) in [4.78, 5) is 24.0. The second-order valence-electron chi connectivity index (χ2n) is 5.53. The highest BCUT2D eigenvalue weighted by atomic mass is 16.5. The summed E-state index contributed by atoms with van der Waals surface area (Å²) in [5.41, 5.74) is 0.570. The first-order chi connectivity index (χ1) is 10.1. The average molecular weight is 287 g/mol. The van der Waals surface area contributed by atoms with Crippen LogP contribution in [-0.2, 0) is 9.59 Å². The lowest BCUT2D eigenvalue weighted by molar-refractivity contribution is -0.146. The number of carbonyl (C=O) groups excluding carboxylic acids is 1. The molecule has 0 saturated heterocycles. The number of carbonyl (C=O) groups is 2. The molecule has 2 aliphatic carbocycles. The van der Waals surface area contributed by atoms with E-state index in [0.717, 1.165) is 6.42 Å². The molecule has 4 atom stereocenters. The fraction of sp³-hybridized carbons (Fsp3) is 0.375. The molecule has 3 rings (SSSR count). The van der Waals surface area contributed by atoms with E-state index in [0.29, 0.717) is 11.4 Å². The van der Waals surface area contributed by atoms with Crippen molar-refractivity contribution in [1.29, 1.82) is 0 Å². The van der Waals surface area contributed by atoms with Crippen LogP contribution < -0.4 is 10.1 Å². The molecule has 2 aliphatic rings. The molecule has 21 heavy (non-hydrogen) atoms. The highest BCUT2D eigenvalue weighted by Gasteiger charge is 2.51. The summed E-state index contributed by atoms with van der Waals surface area (Å²) in [5, 5.41) is 12.2. The summed E-state index contributed by atoms with van der Waals surface area (Å²) in [6.45, 7) is 0. The van der Waals surface area contributed by atoms with E-state index in [9.17, 15) is 14.7 Å². The fourth-order valence-electron chi connectivity index (χ4n) is 3.48. The molecule has 2 bridgehead atoms. The zero-order chi connectivity index (χ0) is 15.0. The van der Waals surface area contributed by atoms with Crippen molar-refractivity contribution in [2.75, 3.05) is 12.4 Å². The molecule has 5 heteroatoms. The zero-order valence-corrected chi connectivity index (χ0v) is 11.7. The van der Waals surface area contributed by atoms with Crippen LogP contribution in [0.2, 0.25) is 0 Å². The minimum absolute atomic E-state index is 0.0193. The van der Waals surface area contributed by atoms with Crippen LogP contribution in [0, 0.1) is 23.7 Å². The van der Waals surface area contributed by atoms with Gasteiger partial charge in [0.1, 0.15) is 5.75 Å². The summed E-state index contributed by atoms with van der Waals surface area (Å²) < 4.78 is 5.20. The molecule has 1 amide bonds. The average Bonchev–Trinajstić information content (AvgIpc) is 3.08. The number of hydrogen-bond donors (Lipinski definition) is 2. The number of para-hydroxylation sites is 2. The first-order valence-corrected chi connectivity index (χ1v) is 6.97. The van der Waals surface area contributed by atoms with Gasteiger partial charge < -0.3 is 15.2 Å². The Balaban J connectivity index is 1.82. The van der Waals surface area contributed by atoms with Gasteiger partial charge in [0.05, 0.1) is 24.6 Å². The normalized spacial score (nSPS) is 29.4. The van der Waals surface area contributed by atoms with Crippen LogP contribution in [0.15, 0.2) is 36.4 Å². The first kappa shape index (κ1) is 13.7. The van der Waals surface area contributed by atoms with Crippen molar-refractivity contribution >= 4 is 17.6 Å². The van der Waals surface area contributed by atoms with Crippen LogP contribution in [0.5, 0.6) is 5.75 Å². The van der Waals surface area contributed by atoms with Gasteiger partial charge in [0, 0.05) is 0 Å². The molecule has 5 nitrogen and oxygen atoms in total. The second kappa shape index (κ2) is 5.24. The fourth-order valence-corrected chi connectivity index (χ4v) is 3.48. The number of rotatable bonds is 4. The zero-order valence-electron chi connectivity index (χ0n) is 11.7. The maximum absolute atomic E-state index is 12.5. The number of benzene rings is 1. The SMILES string of the molecule is COc1ccccc1NC(=O)[C@@H]1[C@H](C(=O)O)[C@H]2C=C[C@@H]1C2. The van der Waals surface area contributed by atoms with Gasteiger partial charge in [-0.2, -0.15) is 0 Å². The van der Waals surface area contributed by atoms with E-state index < -0.39 is 17.8 Å². The van der Waals surface area contributed by atoms with Gasteiger partial charge in [-0.15, -0.1) is 0 Å². The van der Waals surface area contributed by atoms with Crippen molar-refractivity contribution in [1.82, 2.24) is 0 Å². The van der Waals surface area contributed by atoms with Crippen molar-refractivity contribution in [2.24, 2.45) is 23.7 Å². The van der Waals surface area contributed by atoms with E-state index in [-0.39, 0.29) is 17.7 Å². The van der Waals surface area contributed by atoms with Crippen molar-refractivity contribution in [2.45, 2.75) is 6.42 Å². The Labute approximate surface area is 122 Å². The van der Waals surface area contributed by atoms with Gasteiger partial charge >= 0.3 is 5.97 Å². The number of methoxy groups -OCH3 is 1. The summed E-state index contributed by atoms with van der Waals surface area (Å²) in [6, 6.07) is 7.11. The summed E-state index contributed by atoms with van der Waals surface area (Å²) in [6.07, 6.45) is 4.65. The molecule has 110 valence electrons. The smallest absolute Gasteiger partial charge is 0.307 e. The van der Waals surface area contributed by atoms with Crippen molar-refractivity contribution in [3.05, 3.63) is 36.4 Å². The third-order valence-corrected chi connectivity index (χ3v) is 4.41. The molecule has 1 saturated carbocycles. The number of ether oxygens (including phenoxy) is 1. The lowest BCUT2D eigenvalue weighted by Crippen LogP contribution is -2.36. The van der Waals surface area contributed by atoms with Crippen molar-refractivity contribution in [3.63, 3.8) is 0 Å². The van der Waals surface area contributed by atoms with Gasteiger partial charge in [-0.05, 0) is 30.4 Å². The van der Waals surface area contributed by atoms with E-state index in [1.165, 1.54) is 7.11 Å². The largest absolute Gasteiger partial charge is 0.495 e. The summed E-state index contributed by atoms with van der Waals surface area (Å²) in [7, 11) is 1.53. The highest BCUT2D eigenvalue weighted by Crippen LogP contribution is 2.48. The third kappa shape index (κ3) is 2.28. The molecule has 1 aromatic rings. The molecular weight excluding hydrogens is 270 g/mol. The number of carboxylic acids is 1. The number of aliphatic carboxylic acids is 1. The van der Waals surface area contributed by atoms with Crippen LogP contribution in [0.4, 0.5) is 5.69 Å². The Morgan fingerprint density at radius 1 is 1.19 bits per heavy atom. The quantitative estimate of drug-likeness (QED) is 0.832. The highest BCUT2D eigenvalue weighted by molar-refractivity contribution is 5.97. The Morgan fingerprint density at radius 3 is 2.52 bits per heavy atom. The Hall–Kier alpha value is -2.30. The van der Waals surface area contributed by atoms with Gasteiger partial charge in [0.2, 0.25) is 5.91 Å². The van der Waals surface area contributed by atoms with Crippen LogP contribution >= 0.6 is 0 Å². The predicted octanol–water partition coefficient (Wildman–Crippen LogP) is 2.16. The summed E-state index contributed by atoms with van der Waals surface area (Å²) >= 11 is 0. The molecule has 2 N–H and O–H groups in total. The molecule has 0 aliphatic heterocycles. The van der Waals surface area contributed by atoms with Gasteiger partial charge in [0.15, 0.2) is 0 Å². The number of anilines is 1. The van der Waals surface area contributed by atoms with Crippen molar-refractivity contribution < 1.29 is 19.4 Å². The van der Waals surface area contributed by atoms with Gasteiger partial charge in [0.25, 0.3) is 0 Å². The summed E-state index contributed by atoms with van der Waals surface area (Å²) in [5.74, 6) is -1.73. The van der Waals surface area contributed by atoms with E-state index in [1.54, 1.807) is 18.2 Å². The lowest BCUT2D eigenvalue weighted by atomic mass is 9.82. The minimum atomic E-state index is -0.896. The van der Waals surface area contributed by atoms with E-state index >= 15 is 0 Å². The van der Waals surface area contributed by atoms with E-state index in [2.05, 4.69) is 5.32 Å². The van der Waals surface area contributed by atoms with Crippen LogP contribution in [0.25, 0.3) is 0 Å². The lowest BCUT2D eigenvalue weighted by Gasteiger charge is -2.24. The van der Waals surface area contributed by atoms with Crippen LogP contribution in [0.1, 0.15) is 6.42 Å². The first-order valence-electron chi connectivity index (χ1n) is 6.97. The molecule has 0 spiro atoms. The molecule has 0 unspecified atom stereocenters. The number of amides is 1. The number of allylic oxidation sites excluding steroid dienone is 2. The molecule has 0 heterocycles. The van der Waals surface area contributed by atoms with Crippen LogP contribution in [-0.4, -0.2) is 24.1 Å². The molecule has 0 radical (unpaired) electrons.